The number of nitrogens with one attached hydrogen (secondary N) is 1. The molecule has 19 heavy (non-hydrogen) atoms. The number of hydrogen-bond donors (Lipinski definition) is 1. The van der Waals surface area contributed by atoms with E-state index in [2.05, 4.69) is 49.7 Å². The van der Waals surface area contributed by atoms with E-state index in [0.717, 1.165) is 6.04 Å². The van der Waals surface area contributed by atoms with Gasteiger partial charge in [-0.1, -0.05) is 34.1 Å². The fourth-order valence-corrected chi connectivity index (χ4v) is 3.78. The molecule has 1 saturated heterocycles. The van der Waals surface area contributed by atoms with Crippen molar-refractivity contribution in [3.8, 4) is 0 Å². The van der Waals surface area contributed by atoms with E-state index < -0.39 is 0 Å². The van der Waals surface area contributed by atoms with Crippen LogP contribution in [0, 0.1) is 0 Å². The van der Waals surface area contributed by atoms with Crippen LogP contribution in [0.1, 0.15) is 59.8 Å². The molecule has 2 nitrogen and oxygen atoms in total. The van der Waals surface area contributed by atoms with Gasteiger partial charge in [0.25, 0.3) is 0 Å². The van der Waals surface area contributed by atoms with Crippen molar-refractivity contribution in [2.24, 2.45) is 0 Å². The third kappa shape index (κ3) is 5.28. The first-order valence-electron chi connectivity index (χ1n) is 8.28. The Kier molecular flexibility index (Phi) is 8.43. The molecule has 3 heteroatoms. The first-order chi connectivity index (χ1) is 9.21. The zero-order chi connectivity index (χ0) is 14.1. The highest BCUT2D eigenvalue weighted by atomic mass is 32.2. The molecule has 1 aliphatic rings. The highest BCUT2D eigenvalue weighted by Crippen LogP contribution is 2.24. The summed E-state index contributed by atoms with van der Waals surface area (Å²) >= 11 is 2.08. The Labute approximate surface area is 125 Å². The molecule has 0 bridgehead atoms. The molecule has 1 fully saturated rings. The second-order valence-corrected chi connectivity index (χ2v) is 7.23. The fraction of sp³-hybridized carbons (Fsp3) is 1.00. The van der Waals surface area contributed by atoms with Gasteiger partial charge >= 0.3 is 0 Å². The number of piperazine rings is 1. The van der Waals surface area contributed by atoms with Crippen LogP contribution in [-0.2, 0) is 0 Å². The lowest BCUT2D eigenvalue weighted by Crippen LogP contribution is -2.63. The van der Waals surface area contributed by atoms with Crippen LogP contribution in [0.15, 0.2) is 0 Å². The molecule has 0 spiro atoms. The number of hydrogen-bond acceptors (Lipinski definition) is 3. The summed E-state index contributed by atoms with van der Waals surface area (Å²) in [6.07, 6.45) is 6.50. The molecule has 1 rings (SSSR count). The smallest absolute Gasteiger partial charge is 0.0304 e. The number of thioether (sulfide) groups is 1. The summed E-state index contributed by atoms with van der Waals surface area (Å²) in [4.78, 5) is 2.78. The molecule has 0 aromatic heterocycles. The first kappa shape index (κ1) is 17.3. The van der Waals surface area contributed by atoms with Crippen LogP contribution in [0.25, 0.3) is 0 Å². The van der Waals surface area contributed by atoms with Crippen LogP contribution in [0.5, 0.6) is 0 Å². The van der Waals surface area contributed by atoms with Crippen molar-refractivity contribution in [3.63, 3.8) is 0 Å². The van der Waals surface area contributed by atoms with Gasteiger partial charge in [-0.15, -0.1) is 0 Å². The van der Waals surface area contributed by atoms with Crippen molar-refractivity contribution in [2.75, 3.05) is 31.1 Å². The van der Waals surface area contributed by atoms with Gasteiger partial charge in [0.2, 0.25) is 0 Å². The van der Waals surface area contributed by atoms with Gasteiger partial charge in [0.15, 0.2) is 0 Å². The van der Waals surface area contributed by atoms with E-state index >= 15 is 0 Å². The van der Waals surface area contributed by atoms with E-state index in [0.29, 0.717) is 5.54 Å². The average Bonchev–Trinajstić information content (AvgIpc) is 2.45. The molecule has 0 saturated carbocycles. The molecule has 0 aliphatic carbocycles. The third-order valence-corrected chi connectivity index (χ3v) is 5.63. The van der Waals surface area contributed by atoms with Gasteiger partial charge in [-0.25, -0.2) is 0 Å². The number of rotatable bonds is 9. The van der Waals surface area contributed by atoms with Crippen molar-refractivity contribution in [1.82, 2.24) is 10.2 Å². The minimum absolute atomic E-state index is 0.377. The average molecular weight is 287 g/mol. The van der Waals surface area contributed by atoms with Crippen LogP contribution in [0.3, 0.4) is 0 Å². The molecule has 0 amide bonds. The van der Waals surface area contributed by atoms with Crippen LogP contribution in [0.4, 0.5) is 0 Å². The van der Waals surface area contributed by atoms with E-state index in [-0.39, 0.29) is 0 Å². The van der Waals surface area contributed by atoms with E-state index in [1.54, 1.807) is 0 Å². The maximum atomic E-state index is 3.85. The summed E-state index contributed by atoms with van der Waals surface area (Å²) in [5, 5.41) is 3.85. The largest absolute Gasteiger partial charge is 0.308 e. The van der Waals surface area contributed by atoms with Crippen molar-refractivity contribution < 1.29 is 0 Å². The van der Waals surface area contributed by atoms with Crippen LogP contribution in [-0.4, -0.2) is 47.6 Å². The normalized spacial score (nSPS) is 23.7. The maximum absolute atomic E-state index is 3.85. The molecule has 1 aliphatic heterocycles. The van der Waals surface area contributed by atoms with Gasteiger partial charge in [0.1, 0.15) is 0 Å². The second kappa shape index (κ2) is 9.25. The van der Waals surface area contributed by atoms with Gasteiger partial charge < -0.3 is 5.32 Å². The van der Waals surface area contributed by atoms with E-state index in [1.165, 1.54) is 63.2 Å². The second-order valence-electron chi connectivity index (χ2n) is 5.83. The zero-order valence-corrected chi connectivity index (χ0v) is 14.3. The summed E-state index contributed by atoms with van der Waals surface area (Å²) in [5.41, 5.74) is 0.377. The maximum Gasteiger partial charge on any atom is 0.0304 e. The minimum Gasteiger partial charge on any atom is -0.308 e. The highest BCUT2D eigenvalue weighted by Gasteiger charge is 2.35. The van der Waals surface area contributed by atoms with Crippen LogP contribution in [0.2, 0.25) is 0 Å². The van der Waals surface area contributed by atoms with Gasteiger partial charge in [-0.05, 0) is 43.7 Å². The summed E-state index contributed by atoms with van der Waals surface area (Å²) < 4.78 is 0. The van der Waals surface area contributed by atoms with Crippen molar-refractivity contribution in [3.05, 3.63) is 0 Å². The van der Waals surface area contributed by atoms with E-state index in [9.17, 15) is 0 Å². The molecule has 0 aromatic carbocycles. The Morgan fingerprint density at radius 2 is 1.95 bits per heavy atom. The fourth-order valence-electron chi connectivity index (χ4n) is 3.15. The van der Waals surface area contributed by atoms with E-state index in [1.807, 2.05) is 0 Å². The van der Waals surface area contributed by atoms with Crippen molar-refractivity contribution in [1.29, 1.82) is 0 Å². The predicted octanol–water partition coefficient (Wildman–Crippen LogP) is 3.76. The predicted molar refractivity (Wildman–Crippen MR) is 89.2 cm³/mol. The Hall–Kier alpha value is 0.270. The topological polar surface area (TPSA) is 15.3 Å². The molecule has 0 aromatic rings. The van der Waals surface area contributed by atoms with Crippen molar-refractivity contribution >= 4 is 11.8 Å². The molecule has 1 atom stereocenters. The minimum atomic E-state index is 0.377. The lowest BCUT2D eigenvalue weighted by molar-refractivity contribution is 0.0683. The van der Waals surface area contributed by atoms with Gasteiger partial charge in [0, 0.05) is 24.7 Å². The van der Waals surface area contributed by atoms with Crippen LogP contribution >= 0.6 is 11.8 Å². The van der Waals surface area contributed by atoms with Gasteiger partial charge in [-0.2, -0.15) is 11.8 Å². The molecule has 0 radical (unpaired) electrons. The Morgan fingerprint density at radius 1 is 1.21 bits per heavy atom. The summed E-state index contributed by atoms with van der Waals surface area (Å²) in [6.45, 7) is 13.0. The monoisotopic (exact) mass is 286 g/mol. The first-order valence-corrected chi connectivity index (χ1v) is 9.43. The van der Waals surface area contributed by atoms with E-state index in [4.69, 9.17) is 0 Å². The standard InChI is InChI=1S/C16H34N2S/c1-5-10-15-13-17-16(6-2,7-3)14-18(15)11-9-12-19-8-4/h15,17H,5-14H2,1-4H3. The highest BCUT2D eigenvalue weighted by molar-refractivity contribution is 7.99. The Morgan fingerprint density at radius 3 is 2.53 bits per heavy atom. The van der Waals surface area contributed by atoms with Gasteiger partial charge in [-0.3, -0.25) is 4.90 Å². The van der Waals surface area contributed by atoms with Crippen LogP contribution < -0.4 is 5.32 Å². The van der Waals surface area contributed by atoms with Gasteiger partial charge in [0.05, 0.1) is 0 Å². The molecule has 1 N–H and O–H groups in total. The Bertz CT molecular complexity index is 229. The number of nitrogens with zero attached hydrogens (tertiary/aromatic N) is 1. The SMILES string of the molecule is CCCC1CNC(CC)(CC)CN1CCCSCC. The molecule has 1 unspecified atom stereocenters. The van der Waals surface area contributed by atoms with Crippen molar-refractivity contribution in [2.45, 2.75) is 71.4 Å². The lowest BCUT2D eigenvalue weighted by atomic mass is 9.87. The molecule has 1 heterocycles. The Balaban J connectivity index is 2.52. The quantitative estimate of drug-likeness (QED) is 0.650. The third-order valence-electron chi connectivity index (χ3n) is 4.65. The lowest BCUT2D eigenvalue weighted by Gasteiger charge is -2.47. The zero-order valence-electron chi connectivity index (χ0n) is 13.5. The molecular weight excluding hydrogens is 252 g/mol. The molecular formula is C16H34N2S. The molecule has 114 valence electrons. The summed E-state index contributed by atoms with van der Waals surface area (Å²) in [6, 6.07) is 0.767. The summed E-state index contributed by atoms with van der Waals surface area (Å²) in [5.74, 6) is 2.58. The summed E-state index contributed by atoms with van der Waals surface area (Å²) in [7, 11) is 0.